The number of aryl methyl sites for hydroxylation is 1. The summed E-state index contributed by atoms with van der Waals surface area (Å²) in [5, 5.41) is 11.5. The number of carboxylic acids is 1. The molecule has 3 heteroatoms. The van der Waals surface area contributed by atoms with Crippen LogP contribution in [0.1, 0.15) is 16.1 Å². The Bertz CT molecular complexity index is 506. The number of hydrogen-bond acceptors (Lipinski definition) is 3. The summed E-state index contributed by atoms with van der Waals surface area (Å²) in [4.78, 5) is 14.9. The zero-order chi connectivity index (χ0) is 10.1. The molecular formula is C11H8NO2-. The maximum Gasteiger partial charge on any atom is 0.0733 e. The van der Waals surface area contributed by atoms with E-state index in [9.17, 15) is 9.90 Å². The number of fused-ring (bicyclic) bond motifs is 1. The zero-order valence-electron chi connectivity index (χ0n) is 7.65. The van der Waals surface area contributed by atoms with E-state index >= 15 is 0 Å². The van der Waals surface area contributed by atoms with Crippen LogP contribution in [0.3, 0.4) is 0 Å². The lowest BCUT2D eigenvalue weighted by Gasteiger charge is -2.07. The molecule has 1 aromatic carbocycles. The molecule has 0 saturated carbocycles. The second-order valence-electron chi connectivity index (χ2n) is 3.10. The average molecular weight is 186 g/mol. The van der Waals surface area contributed by atoms with E-state index in [0.717, 1.165) is 10.9 Å². The van der Waals surface area contributed by atoms with Crippen LogP contribution < -0.4 is 5.11 Å². The van der Waals surface area contributed by atoms with Crippen molar-refractivity contribution in [1.29, 1.82) is 0 Å². The molecule has 2 rings (SSSR count). The van der Waals surface area contributed by atoms with Gasteiger partial charge in [-0.05, 0) is 19.1 Å². The average Bonchev–Trinajstić information content (AvgIpc) is 2.16. The summed E-state index contributed by atoms with van der Waals surface area (Å²) in [7, 11) is 0. The highest BCUT2D eigenvalue weighted by Crippen LogP contribution is 2.15. The quantitative estimate of drug-likeness (QED) is 0.665. The third kappa shape index (κ3) is 1.33. The van der Waals surface area contributed by atoms with E-state index in [1.807, 2.05) is 24.3 Å². The van der Waals surface area contributed by atoms with Gasteiger partial charge in [0, 0.05) is 16.6 Å². The third-order valence-corrected chi connectivity index (χ3v) is 2.13. The maximum absolute atomic E-state index is 10.7. The molecule has 3 nitrogen and oxygen atoms in total. The van der Waals surface area contributed by atoms with E-state index in [1.54, 1.807) is 13.0 Å². The molecule has 1 aromatic heterocycles. The first-order valence-corrected chi connectivity index (χ1v) is 4.26. The normalized spacial score (nSPS) is 10.4. The van der Waals surface area contributed by atoms with E-state index in [4.69, 9.17) is 0 Å². The van der Waals surface area contributed by atoms with Crippen molar-refractivity contribution in [3.05, 3.63) is 41.6 Å². The standard InChI is InChI=1S/C11H9NO2/c1-7-9(11(13)14)6-8-4-2-3-5-10(8)12-7/h2-6H,1H3,(H,13,14)/p-1. The van der Waals surface area contributed by atoms with Gasteiger partial charge in [0.25, 0.3) is 0 Å². The third-order valence-electron chi connectivity index (χ3n) is 2.13. The number of aromatic nitrogens is 1. The SMILES string of the molecule is Cc1nc2ccccc2cc1C(=O)[O-]. The first kappa shape index (κ1) is 8.69. The van der Waals surface area contributed by atoms with Crippen LogP contribution in [0.4, 0.5) is 0 Å². The number of rotatable bonds is 1. The van der Waals surface area contributed by atoms with Gasteiger partial charge in [0.1, 0.15) is 0 Å². The van der Waals surface area contributed by atoms with Gasteiger partial charge in [-0.3, -0.25) is 4.98 Å². The van der Waals surface area contributed by atoms with Crippen LogP contribution in [0.2, 0.25) is 0 Å². The molecular weight excluding hydrogens is 178 g/mol. The highest BCUT2D eigenvalue weighted by Gasteiger charge is 2.02. The summed E-state index contributed by atoms with van der Waals surface area (Å²) < 4.78 is 0. The van der Waals surface area contributed by atoms with Gasteiger partial charge in [-0.2, -0.15) is 0 Å². The molecule has 0 atom stereocenters. The Labute approximate surface area is 81.0 Å². The predicted octanol–water partition coefficient (Wildman–Crippen LogP) is 0.907. The van der Waals surface area contributed by atoms with Crippen molar-refractivity contribution < 1.29 is 9.90 Å². The molecule has 0 aliphatic heterocycles. The Balaban J connectivity index is 2.77. The van der Waals surface area contributed by atoms with Crippen molar-refractivity contribution in [2.45, 2.75) is 6.92 Å². The van der Waals surface area contributed by atoms with E-state index in [1.165, 1.54) is 0 Å². The van der Waals surface area contributed by atoms with Gasteiger partial charge in [0.2, 0.25) is 0 Å². The van der Waals surface area contributed by atoms with Crippen molar-refractivity contribution in [3.63, 3.8) is 0 Å². The van der Waals surface area contributed by atoms with Gasteiger partial charge in [-0.25, -0.2) is 0 Å². The second kappa shape index (κ2) is 3.10. The highest BCUT2D eigenvalue weighted by molar-refractivity contribution is 5.92. The lowest BCUT2D eigenvalue weighted by Crippen LogP contribution is -2.23. The summed E-state index contributed by atoms with van der Waals surface area (Å²) in [6, 6.07) is 8.98. The maximum atomic E-state index is 10.7. The molecule has 0 aliphatic rings. The lowest BCUT2D eigenvalue weighted by atomic mass is 10.1. The van der Waals surface area contributed by atoms with Gasteiger partial charge >= 0.3 is 0 Å². The van der Waals surface area contributed by atoms with E-state index in [0.29, 0.717) is 5.69 Å². The molecule has 0 aliphatic carbocycles. The molecule has 0 amide bonds. The predicted molar refractivity (Wildman–Crippen MR) is 50.8 cm³/mol. The van der Waals surface area contributed by atoms with Gasteiger partial charge in [0.05, 0.1) is 11.5 Å². The van der Waals surface area contributed by atoms with Crippen molar-refractivity contribution >= 4 is 16.9 Å². The molecule has 0 unspecified atom stereocenters. The van der Waals surface area contributed by atoms with E-state index in [-0.39, 0.29) is 5.56 Å². The Kier molecular flexibility index (Phi) is 1.93. The molecule has 0 fully saturated rings. The summed E-state index contributed by atoms with van der Waals surface area (Å²) in [6.07, 6.45) is 0. The van der Waals surface area contributed by atoms with Crippen LogP contribution >= 0.6 is 0 Å². The smallest absolute Gasteiger partial charge is 0.0733 e. The Morgan fingerprint density at radius 3 is 2.79 bits per heavy atom. The van der Waals surface area contributed by atoms with Crippen LogP contribution in [0.25, 0.3) is 10.9 Å². The first-order chi connectivity index (χ1) is 6.68. The first-order valence-electron chi connectivity index (χ1n) is 4.26. The minimum Gasteiger partial charge on any atom is -0.545 e. The molecule has 0 radical (unpaired) electrons. The van der Waals surface area contributed by atoms with Crippen molar-refractivity contribution in [2.75, 3.05) is 0 Å². The summed E-state index contributed by atoms with van der Waals surface area (Å²) >= 11 is 0. The topological polar surface area (TPSA) is 53.0 Å². The van der Waals surface area contributed by atoms with Crippen molar-refractivity contribution in [3.8, 4) is 0 Å². The number of para-hydroxylation sites is 1. The summed E-state index contributed by atoms with van der Waals surface area (Å²) in [5.41, 5.74) is 1.45. The summed E-state index contributed by atoms with van der Waals surface area (Å²) in [5.74, 6) is -1.18. The lowest BCUT2D eigenvalue weighted by molar-refractivity contribution is -0.255. The van der Waals surface area contributed by atoms with Gasteiger partial charge in [0.15, 0.2) is 0 Å². The fourth-order valence-electron chi connectivity index (χ4n) is 1.42. The number of carbonyl (C=O) groups is 1. The van der Waals surface area contributed by atoms with Gasteiger partial charge in [-0.1, -0.05) is 18.2 Å². The Morgan fingerprint density at radius 1 is 1.36 bits per heavy atom. The number of carbonyl (C=O) groups excluding carboxylic acids is 1. The monoisotopic (exact) mass is 186 g/mol. The zero-order valence-corrected chi connectivity index (χ0v) is 7.65. The highest BCUT2D eigenvalue weighted by atomic mass is 16.4. The van der Waals surface area contributed by atoms with E-state index < -0.39 is 5.97 Å². The molecule has 2 aromatic rings. The number of carboxylic acid groups (broad SMARTS) is 1. The van der Waals surface area contributed by atoms with Crippen LogP contribution in [0.15, 0.2) is 30.3 Å². The van der Waals surface area contributed by atoms with Crippen molar-refractivity contribution in [1.82, 2.24) is 4.98 Å². The number of pyridine rings is 1. The van der Waals surface area contributed by atoms with Crippen LogP contribution in [-0.4, -0.2) is 11.0 Å². The molecule has 0 bridgehead atoms. The van der Waals surface area contributed by atoms with Crippen LogP contribution in [-0.2, 0) is 0 Å². The molecule has 0 saturated heterocycles. The van der Waals surface area contributed by atoms with E-state index in [2.05, 4.69) is 4.98 Å². The van der Waals surface area contributed by atoms with Gasteiger partial charge < -0.3 is 9.90 Å². The minimum atomic E-state index is -1.18. The Morgan fingerprint density at radius 2 is 2.07 bits per heavy atom. The number of aromatic carboxylic acids is 1. The summed E-state index contributed by atoms with van der Waals surface area (Å²) in [6.45, 7) is 1.66. The molecule has 0 spiro atoms. The van der Waals surface area contributed by atoms with Crippen molar-refractivity contribution in [2.24, 2.45) is 0 Å². The minimum absolute atomic E-state index is 0.156. The molecule has 70 valence electrons. The molecule has 14 heavy (non-hydrogen) atoms. The largest absolute Gasteiger partial charge is 0.545 e. The van der Waals surface area contributed by atoms with Gasteiger partial charge in [-0.15, -0.1) is 0 Å². The number of hydrogen-bond donors (Lipinski definition) is 0. The Hall–Kier alpha value is -1.90. The molecule has 1 heterocycles. The molecule has 0 N–H and O–H groups in total. The van der Waals surface area contributed by atoms with Crippen LogP contribution in [0.5, 0.6) is 0 Å². The fourth-order valence-corrected chi connectivity index (χ4v) is 1.42. The number of benzene rings is 1. The second-order valence-corrected chi connectivity index (χ2v) is 3.10. The number of nitrogens with zero attached hydrogens (tertiary/aromatic N) is 1. The van der Waals surface area contributed by atoms with Crippen LogP contribution in [0, 0.1) is 6.92 Å². The fraction of sp³-hybridized carbons (Fsp3) is 0.0909.